The third kappa shape index (κ3) is 2.85. The van der Waals surface area contributed by atoms with E-state index < -0.39 is 0 Å². The molecular weight excluding hydrogens is 240 g/mol. The summed E-state index contributed by atoms with van der Waals surface area (Å²) in [4.78, 5) is 0. The summed E-state index contributed by atoms with van der Waals surface area (Å²) in [6, 6.07) is 8.46. The molecule has 1 saturated carbocycles. The average molecular weight is 264 g/mol. The van der Waals surface area contributed by atoms with Crippen LogP contribution in [-0.4, -0.2) is 12.4 Å². The van der Waals surface area contributed by atoms with Gasteiger partial charge in [-0.25, -0.2) is 0 Å². The molecule has 1 aromatic rings. The van der Waals surface area contributed by atoms with Crippen molar-refractivity contribution in [2.24, 2.45) is 5.41 Å². The Hall–Kier alpha value is -0.630. The van der Waals surface area contributed by atoms with Gasteiger partial charge in [0.2, 0.25) is 0 Å². The highest BCUT2D eigenvalue weighted by Crippen LogP contribution is 2.42. The second-order valence-corrected chi connectivity index (χ2v) is 5.96. The topological polar surface area (TPSA) is 9.23 Å². The molecule has 0 saturated heterocycles. The van der Waals surface area contributed by atoms with Gasteiger partial charge in [-0.15, -0.1) is 0 Å². The van der Waals surface area contributed by atoms with Crippen LogP contribution < -0.4 is 4.74 Å². The van der Waals surface area contributed by atoms with E-state index in [1.54, 1.807) is 0 Å². The first kappa shape index (κ1) is 13.8. The highest BCUT2D eigenvalue weighted by molar-refractivity contribution is 7.80. The monoisotopic (exact) mass is 264 g/mol. The van der Waals surface area contributed by atoms with Gasteiger partial charge in [-0.1, -0.05) is 38.5 Å². The Morgan fingerprint density at radius 2 is 2.06 bits per heavy atom. The van der Waals surface area contributed by atoms with Crippen molar-refractivity contribution in [1.29, 1.82) is 0 Å². The zero-order valence-electron chi connectivity index (χ0n) is 11.5. The van der Waals surface area contributed by atoms with Gasteiger partial charge in [0.1, 0.15) is 5.75 Å². The highest BCUT2D eigenvalue weighted by atomic mass is 32.1. The van der Waals surface area contributed by atoms with Crippen LogP contribution in [0.15, 0.2) is 24.3 Å². The van der Waals surface area contributed by atoms with E-state index in [2.05, 4.69) is 50.7 Å². The summed E-state index contributed by atoms with van der Waals surface area (Å²) in [5.74, 6) is 2.58. The van der Waals surface area contributed by atoms with Gasteiger partial charge in [0.05, 0.1) is 6.61 Å². The van der Waals surface area contributed by atoms with Crippen LogP contribution in [0.5, 0.6) is 5.75 Å². The van der Waals surface area contributed by atoms with E-state index in [-0.39, 0.29) is 0 Å². The first-order valence-corrected chi connectivity index (χ1v) is 7.66. The third-order valence-corrected chi connectivity index (χ3v) is 5.02. The quantitative estimate of drug-likeness (QED) is 0.734. The predicted octanol–water partition coefficient (Wildman–Crippen LogP) is 4.68. The molecule has 0 bridgehead atoms. The van der Waals surface area contributed by atoms with E-state index in [0.29, 0.717) is 11.3 Å². The molecule has 100 valence electrons. The molecule has 1 aromatic carbocycles. The lowest BCUT2D eigenvalue weighted by Crippen LogP contribution is -2.37. The van der Waals surface area contributed by atoms with E-state index in [0.717, 1.165) is 24.5 Å². The Morgan fingerprint density at radius 1 is 1.33 bits per heavy atom. The fourth-order valence-corrected chi connectivity index (χ4v) is 2.90. The Morgan fingerprint density at radius 3 is 2.61 bits per heavy atom. The fourth-order valence-electron chi connectivity index (χ4n) is 2.49. The normalized spacial score (nSPS) is 19.1. The van der Waals surface area contributed by atoms with Crippen LogP contribution in [0.3, 0.4) is 0 Å². The maximum atomic E-state index is 6.11. The zero-order valence-corrected chi connectivity index (χ0v) is 12.4. The number of thiol groups is 1. The molecule has 0 heterocycles. The Balaban J connectivity index is 2.04. The van der Waals surface area contributed by atoms with Crippen molar-refractivity contribution in [3.63, 3.8) is 0 Å². The number of hydrogen-bond donors (Lipinski definition) is 1. The lowest BCUT2D eigenvalue weighted by atomic mass is 9.71. The Bertz CT molecular complexity index is 379. The molecular formula is C16H24OS. The minimum Gasteiger partial charge on any atom is -0.493 e. The van der Waals surface area contributed by atoms with Gasteiger partial charge in [-0.2, -0.15) is 12.6 Å². The minimum atomic E-state index is 0.339. The van der Waals surface area contributed by atoms with Crippen LogP contribution in [0.1, 0.15) is 51.0 Å². The number of hydrogen-bond acceptors (Lipinski definition) is 2. The van der Waals surface area contributed by atoms with Crippen molar-refractivity contribution >= 4 is 12.6 Å². The Kier molecular flexibility index (Phi) is 4.60. The van der Waals surface area contributed by atoms with E-state index >= 15 is 0 Å². The van der Waals surface area contributed by atoms with E-state index in [9.17, 15) is 0 Å². The van der Waals surface area contributed by atoms with Crippen molar-refractivity contribution in [3.8, 4) is 5.75 Å². The van der Waals surface area contributed by atoms with Gasteiger partial charge in [-0.05, 0) is 42.6 Å². The summed E-state index contributed by atoms with van der Waals surface area (Å²) in [6.45, 7) is 5.31. The third-order valence-electron chi connectivity index (χ3n) is 4.35. The predicted molar refractivity (Wildman–Crippen MR) is 80.8 cm³/mol. The first-order chi connectivity index (χ1) is 8.71. The minimum absolute atomic E-state index is 0.339. The van der Waals surface area contributed by atoms with Gasteiger partial charge in [0, 0.05) is 5.41 Å². The number of para-hydroxylation sites is 1. The molecule has 0 aromatic heterocycles. The van der Waals surface area contributed by atoms with Gasteiger partial charge in [-0.3, -0.25) is 0 Å². The fraction of sp³-hybridized carbons (Fsp3) is 0.625. The summed E-state index contributed by atoms with van der Waals surface area (Å²) < 4.78 is 6.11. The summed E-state index contributed by atoms with van der Waals surface area (Å²) in [5.41, 5.74) is 1.68. The lowest BCUT2D eigenvalue weighted by Gasteiger charge is -2.40. The van der Waals surface area contributed by atoms with Crippen molar-refractivity contribution in [2.45, 2.75) is 45.4 Å². The standard InChI is InChI=1S/C16H24OS/c1-3-13(2)14-7-4-5-8-15(14)17-11-16(12-18)9-6-10-16/h4-5,7-8,13,18H,3,6,9-12H2,1-2H3. The number of benzene rings is 1. The van der Waals surface area contributed by atoms with E-state index in [1.807, 2.05) is 0 Å². The SMILES string of the molecule is CCC(C)c1ccccc1OCC1(CS)CCC1. The molecule has 2 heteroatoms. The summed E-state index contributed by atoms with van der Waals surface area (Å²) in [6.07, 6.45) is 5.01. The van der Waals surface area contributed by atoms with Crippen LogP contribution in [0, 0.1) is 5.41 Å². The molecule has 1 aliphatic carbocycles. The van der Waals surface area contributed by atoms with Gasteiger partial charge >= 0.3 is 0 Å². The van der Waals surface area contributed by atoms with Gasteiger partial charge < -0.3 is 4.74 Å². The molecule has 1 unspecified atom stereocenters. The molecule has 0 amide bonds. The highest BCUT2D eigenvalue weighted by Gasteiger charge is 2.36. The second-order valence-electron chi connectivity index (χ2n) is 5.65. The molecule has 0 N–H and O–H groups in total. The number of rotatable bonds is 6. The maximum absolute atomic E-state index is 6.11. The van der Waals surface area contributed by atoms with Crippen molar-refractivity contribution < 1.29 is 4.74 Å². The van der Waals surface area contributed by atoms with Gasteiger partial charge in [0.25, 0.3) is 0 Å². The van der Waals surface area contributed by atoms with Crippen molar-refractivity contribution in [2.75, 3.05) is 12.4 Å². The summed E-state index contributed by atoms with van der Waals surface area (Å²) in [7, 11) is 0. The van der Waals surface area contributed by atoms with Crippen molar-refractivity contribution in [1.82, 2.24) is 0 Å². The molecule has 1 fully saturated rings. The van der Waals surface area contributed by atoms with Crippen LogP contribution in [0.25, 0.3) is 0 Å². The maximum Gasteiger partial charge on any atom is 0.122 e. The summed E-state index contributed by atoms with van der Waals surface area (Å²) in [5, 5.41) is 0. The second kappa shape index (κ2) is 6.01. The van der Waals surface area contributed by atoms with E-state index in [1.165, 1.54) is 24.8 Å². The molecule has 1 nitrogen and oxygen atoms in total. The van der Waals surface area contributed by atoms with Crippen LogP contribution in [0.4, 0.5) is 0 Å². The molecule has 0 aliphatic heterocycles. The molecule has 0 radical (unpaired) electrons. The van der Waals surface area contributed by atoms with Crippen molar-refractivity contribution in [3.05, 3.63) is 29.8 Å². The average Bonchev–Trinajstić information content (AvgIpc) is 2.37. The molecule has 2 rings (SSSR count). The lowest BCUT2D eigenvalue weighted by molar-refractivity contribution is 0.0822. The van der Waals surface area contributed by atoms with E-state index in [4.69, 9.17) is 4.74 Å². The largest absolute Gasteiger partial charge is 0.493 e. The summed E-state index contributed by atoms with van der Waals surface area (Å²) >= 11 is 4.48. The van der Waals surface area contributed by atoms with Crippen LogP contribution >= 0.6 is 12.6 Å². The zero-order chi connectivity index (χ0) is 13.0. The Labute approximate surface area is 116 Å². The molecule has 1 atom stereocenters. The molecule has 0 spiro atoms. The van der Waals surface area contributed by atoms with Crippen LogP contribution in [0.2, 0.25) is 0 Å². The number of ether oxygens (including phenoxy) is 1. The molecule has 1 aliphatic rings. The van der Waals surface area contributed by atoms with Crippen LogP contribution in [-0.2, 0) is 0 Å². The van der Waals surface area contributed by atoms with Gasteiger partial charge in [0.15, 0.2) is 0 Å². The smallest absolute Gasteiger partial charge is 0.122 e. The first-order valence-electron chi connectivity index (χ1n) is 7.03. The molecule has 18 heavy (non-hydrogen) atoms.